The predicted octanol–water partition coefficient (Wildman–Crippen LogP) is 0.997. The third-order valence-corrected chi connectivity index (χ3v) is 1.89. The fourth-order valence-electron chi connectivity index (χ4n) is 1.08. The highest BCUT2D eigenvalue weighted by molar-refractivity contribution is 6.10. The molecule has 0 amide bonds. The van der Waals surface area contributed by atoms with Crippen molar-refractivity contribution >= 4 is 13.8 Å². The summed E-state index contributed by atoms with van der Waals surface area (Å²) in [6, 6.07) is 8.47. The zero-order chi connectivity index (χ0) is 11.1. The Kier molecular flexibility index (Phi) is 4.91. The van der Waals surface area contributed by atoms with Crippen molar-refractivity contribution in [2.75, 3.05) is 0 Å². The number of hydrogen-bond donors (Lipinski definition) is 1. The van der Waals surface area contributed by atoms with Crippen LogP contribution in [0.4, 0.5) is 0 Å². The fourth-order valence-corrected chi connectivity index (χ4v) is 1.08. The maximum atomic E-state index is 11.1. The SMILES string of the molecule is [B]C(O)CCC(=O)OCc1ccccc1. The summed E-state index contributed by atoms with van der Waals surface area (Å²) in [4.78, 5) is 11.1. The number of aliphatic hydroxyl groups is 1. The summed E-state index contributed by atoms with van der Waals surface area (Å²) in [5.74, 6) is -0.344. The van der Waals surface area contributed by atoms with E-state index in [2.05, 4.69) is 0 Å². The van der Waals surface area contributed by atoms with Crippen LogP contribution in [0.5, 0.6) is 0 Å². The second-order valence-electron chi connectivity index (χ2n) is 3.25. The average molecular weight is 204 g/mol. The first-order valence-corrected chi connectivity index (χ1v) is 4.81. The first kappa shape index (κ1) is 11.8. The molecule has 0 fully saturated rings. The summed E-state index contributed by atoms with van der Waals surface area (Å²) < 4.78 is 4.97. The molecule has 0 spiro atoms. The van der Waals surface area contributed by atoms with Crippen LogP contribution in [-0.2, 0) is 16.1 Å². The number of carbonyl (C=O) groups excluding carboxylic acids is 1. The third-order valence-electron chi connectivity index (χ3n) is 1.89. The molecule has 1 N–H and O–H groups in total. The van der Waals surface area contributed by atoms with Gasteiger partial charge in [0.2, 0.25) is 0 Å². The van der Waals surface area contributed by atoms with Crippen molar-refractivity contribution in [2.45, 2.75) is 25.5 Å². The molecule has 15 heavy (non-hydrogen) atoms. The Bertz CT molecular complexity index is 298. The Morgan fingerprint density at radius 1 is 1.40 bits per heavy atom. The van der Waals surface area contributed by atoms with E-state index in [1.807, 2.05) is 30.3 Å². The quantitative estimate of drug-likeness (QED) is 0.574. The smallest absolute Gasteiger partial charge is 0.306 e. The standard InChI is InChI=1S/C11H13BO3/c12-10(13)6-7-11(14)15-8-9-4-2-1-3-5-9/h1-5,10,13H,6-8H2. The molecule has 0 bridgehead atoms. The second-order valence-corrected chi connectivity index (χ2v) is 3.25. The molecule has 1 unspecified atom stereocenters. The van der Waals surface area contributed by atoms with Gasteiger partial charge in [0, 0.05) is 12.4 Å². The third kappa shape index (κ3) is 5.22. The molecule has 1 aromatic rings. The molecule has 78 valence electrons. The van der Waals surface area contributed by atoms with E-state index in [1.54, 1.807) is 0 Å². The van der Waals surface area contributed by atoms with Gasteiger partial charge in [0.05, 0.1) is 0 Å². The molecule has 1 rings (SSSR count). The zero-order valence-electron chi connectivity index (χ0n) is 8.43. The van der Waals surface area contributed by atoms with Gasteiger partial charge >= 0.3 is 5.97 Å². The second kappa shape index (κ2) is 6.25. The summed E-state index contributed by atoms with van der Waals surface area (Å²) in [7, 11) is 5.10. The van der Waals surface area contributed by atoms with Crippen LogP contribution in [0, 0.1) is 0 Å². The van der Waals surface area contributed by atoms with E-state index in [4.69, 9.17) is 17.7 Å². The van der Waals surface area contributed by atoms with Crippen LogP contribution < -0.4 is 0 Å². The molecule has 0 aliphatic rings. The van der Waals surface area contributed by atoms with E-state index in [0.29, 0.717) is 0 Å². The lowest BCUT2D eigenvalue weighted by Gasteiger charge is -2.06. The van der Waals surface area contributed by atoms with Crippen molar-refractivity contribution in [1.29, 1.82) is 0 Å². The fraction of sp³-hybridized carbons (Fsp3) is 0.364. The zero-order valence-corrected chi connectivity index (χ0v) is 8.43. The summed E-state index contributed by atoms with van der Waals surface area (Å²) >= 11 is 0. The van der Waals surface area contributed by atoms with Crippen molar-refractivity contribution in [2.24, 2.45) is 0 Å². The Morgan fingerprint density at radius 2 is 2.07 bits per heavy atom. The van der Waals surface area contributed by atoms with Gasteiger partial charge in [0.15, 0.2) is 0 Å². The van der Waals surface area contributed by atoms with Crippen molar-refractivity contribution < 1.29 is 14.6 Å². The first-order valence-electron chi connectivity index (χ1n) is 4.81. The van der Waals surface area contributed by atoms with Crippen molar-refractivity contribution in [3.8, 4) is 0 Å². The summed E-state index contributed by atoms with van der Waals surface area (Å²) in [6.45, 7) is 0.264. The first-order chi connectivity index (χ1) is 7.18. The van der Waals surface area contributed by atoms with Gasteiger partial charge < -0.3 is 9.84 Å². The minimum Gasteiger partial charge on any atom is -0.461 e. The minimum atomic E-state index is -0.950. The van der Waals surface area contributed by atoms with Gasteiger partial charge in [-0.05, 0) is 12.0 Å². The van der Waals surface area contributed by atoms with E-state index < -0.39 is 6.00 Å². The molecule has 1 atom stereocenters. The number of ether oxygens (including phenoxy) is 1. The minimum absolute atomic E-state index is 0.143. The monoisotopic (exact) mass is 204 g/mol. The van der Waals surface area contributed by atoms with Crippen molar-refractivity contribution in [1.82, 2.24) is 0 Å². The molecule has 2 radical (unpaired) electrons. The van der Waals surface area contributed by atoms with Crippen LogP contribution >= 0.6 is 0 Å². The van der Waals surface area contributed by atoms with E-state index >= 15 is 0 Å². The average Bonchev–Trinajstić information content (AvgIpc) is 2.25. The van der Waals surface area contributed by atoms with Gasteiger partial charge in [-0.1, -0.05) is 30.3 Å². The number of aliphatic hydroxyl groups excluding tert-OH is 1. The lowest BCUT2D eigenvalue weighted by molar-refractivity contribution is -0.145. The maximum Gasteiger partial charge on any atom is 0.306 e. The number of benzene rings is 1. The van der Waals surface area contributed by atoms with Crippen LogP contribution in [0.3, 0.4) is 0 Å². The Balaban J connectivity index is 2.23. The lowest BCUT2D eigenvalue weighted by Crippen LogP contribution is -2.11. The molecule has 0 heterocycles. The van der Waals surface area contributed by atoms with Crippen molar-refractivity contribution in [3.05, 3.63) is 35.9 Å². The molecule has 3 nitrogen and oxygen atoms in total. The Labute approximate surface area is 90.5 Å². The van der Waals surface area contributed by atoms with Crippen LogP contribution in [0.1, 0.15) is 18.4 Å². The van der Waals surface area contributed by atoms with Crippen LogP contribution in [-0.4, -0.2) is 24.9 Å². The normalized spacial score (nSPS) is 12.1. The van der Waals surface area contributed by atoms with Crippen LogP contribution in [0.25, 0.3) is 0 Å². The maximum absolute atomic E-state index is 11.1. The van der Waals surface area contributed by atoms with Gasteiger partial charge in [0.1, 0.15) is 14.5 Å². The summed E-state index contributed by atoms with van der Waals surface area (Å²) in [5.41, 5.74) is 0.944. The van der Waals surface area contributed by atoms with Crippen LogP contribution in [0.15, 0.2) is 30.3 Å². The highest BCUT2D eigenvalue weighted by Crippen LogP contribution is 2.03. The van der Waals surface area contributed by atoms with Crippen LogP contribution in [0.2, 0.25) is 0 Å². The Hall–Kier alpha value is -1.29. The lowest BCUT2D eigenvalue weighted by atomic mass is 9.96. The summed E-state index contributed by atoms with van der Waals surface area (Å²) in [6.07, 6.45) is 0.373. The molecule has 4 heteroatoms. The molecule has 0 saturated heterocycles. The van der Waals surface area contributed by atoms with Gasteiger partial charge in [-0.25, -0.2) is 0 Å². The molecular weight excluding hydrogens is 191 g/mol. The van der Waals surface area contributed by atoms with Gasteiger partial charge in [0.25, 0.3) is 0 Å². The molecule has 1 aromatic carbocycles. The Morgan fingerprint density at radius 3 is 2.67 bits per heavy atom. The summed E-state index contributed by atoms with van der Waals surface area (Å²) in [5, 5.41) is 8.76. The van der Waals surface area contributed by atoms with E-state index in [0.717, 1.165) is 5.56 Å². The van der Waals surface area contributed by atoms with E-state index in [1.165, 1.54) is 0 Å². The highest BCUT2D eigenvalue weighted by Gasteiger charge is 2.05. The van der Waals surface area contributed by atoms with Gasteiger partial charge in [-0.3, -0.25) is 4.79 Å². The van der Waals surface area contributed by atoms with Gasteiger partial charge in [-0.15, -0.1) is 0 Å². The molecule has 0 saturated carbocycles. The molecule has 0 aliphatic carbocycles. The predicted molar refractivity (Wildman–Crippen MR) is 57.2 cm³/mol. The molecule has 0 aromatic heterocycles. The highest BCUT2D eigenvalue weighted by atomic mass is 16.5. The number of hydrogen-bond acceptors (Lipinski definition) is 3. The largest absolute Gasteiger partial charge is 0.461 e. The van der Waals surface area contributed by atoms with Crippen molar-refractivity contribution in [3.63, 3.8) is 0 Å². The topological polar surface area (TPSA) is 46.5 Å². The number of esters is 1. The van der Waals surface area contributed by atoms with E-state index in [-0.39, 0.29) is 25.4 Å². The van der Waals surface area contributed by atoms with E-state index in [9.17, 15) is 4.79 Å². The number of carbonyl (C=O) groups is 1. The van der Waals surface area contributed by atoms with Gasteiger partial charge in [-0.2, -0.15) is 0 Å². The number of rotatable bonds is 5. The molecule has 0 aliphatic heterocycles. The molecular formula is C11H13BO3.